The summed E-state index contributed by atoms with van der Waals surface area (Å²) in [4.78, 5) is 7.31. The summed E-state index contributed by atoms with van der Waals surface area (Å²) in [7, 11) is 0. The summed E-state index contributed by atoms with van der Waals surface area (Å²) in [5.74, 6) is 2.50. The molecule has 0 aromatic heterocycles. The van der Waals surface area contributed by atoms with Crippen LogP contribution in [0.4, 0.5) is 0 Å². The Hall–Kier alpha value is -2.00. The number of benzene rings is 2. The molecule has 0 aliphatic carbocycles. The van der Waals surface area contributed by atoms with Crippen molar-refractivity contribution < 1.29 is 9.47 Å². The lowest BCUT2D eigenvalue weighted by Crippen LogP contribution is -2.48. The molecule has 1 saturated heterocycles. The average Bonchev–Trinajstić information content (AvgIpc) is 3.22. The zero-order valence-corrected chi connectivity index (χ0v) is 19.8. The molecule has 2 aliphatic rings. The molecule has 30 heavy (non-hydrogen) atoms. The normalized spacial score (nSPS) is 16.8. The molecule has 0 spiro atoms. The number of likely N-dealkylation sites (tertiary alicyclic amines) is 1. The van der Waals surface area contributed by atoms with Crippen LogP contribution in [0.1, 0.15) is 30.9 Å². The van der Waals surface area contributed by atoms with Gasteiger partial charge in [0, 0.05) is 32.2 Å². The number of hydrogen-bond donors (Lipinski definition) is 2. The van der Waals surface area contributed by atoms with Gasteiger partial charge < -0.3 is 20.1 Å². The van der Waals surface area contributed by atoms with Crippen LogP contribution in [0, 0.1) is 0 Å². The van der Waals surface area contributed by atoms with Gasteiger partial charge in [0.2, 0.25) is 6.79 Å². The minimum absolute atomic E-state index is 0. The molecular weight excluding hydrogens is 491 g/mol. The van der Waals surface area contributed by atoms with Crippen LogP contribution in [0.15, 0.2) is 53.5 Å². The predicted octanol–water partition coefficient (Wildman–Crippen LogP) is 3.75. The maximum Gasteiger partial charge on any atom is 0.231 e. The highest BCUT2D eigenvalue weighted by molar-refractivity contribution is 14.0. The minimum atomic E-state index is 0. The fourth-order valence-electron chi connectivity index (χ4n) is 3.80. The van der Waals surface area contributed by atoms with Crippen molar-refractivity contribution in [1.82, 2.24) is 15.5 Å². The van der Waals surface area contributed by atoms with E-state index in [2.05, 4.69) is 52.8 Å². The van der Waals surface area contributed by atoms with Gasteiger partial charge in [0.25, 0.3) is 0 Å². The molecule has 6 nitrogen and oxygen atoms in total. The first kappa shape index (κ1) is 22.7. The topological polar surface area (TPSA) is 58.1 Å². The zero-order chi connectivity index (χ0) is 19.9. The Kier molecular flexibility index (Phi) is 8.62. The Labute approximate surface area is 196 Å². The minimum Gasteiger partial charge on any atom is -0.454 e. The largest absolute Gasteiger partial charge is 0.454 e. The molecule has 0 atom stereocenters. The fourth-order valence-corrected chi connectivity index (χ4v) is 3.80. The molecule has 0 saturated carbocycles. The van der Waals surface area contributed by atoms with Crippen molar-refractivity contribution in [3.8, 4) is 11.5 Å². The van der Waals surface area contributed by atoms with Crippen molar-refractivity contribution in [1.29, 1.82) is 0 Å². The van der Waals surface area contributed by atoms with Crippen LogP contribution in [0.25, 0.3) is 0 Å². The molecule has 0 amide bonds. The standard InChI is InChI=1S/C23H30N4O2.HI/c1-2-24-23(25-15-19-8-9-21-22(14-19)29-17-28-21)26-20-10-12-27(13-11-20)16-18-6-4-3-5-7-18;/h3-9,14,20H,2,10-13,15-17H2,1H3,(H2,24,25,26);1H. The SMILES string of the molecule is CCNC(=NCc1ccc2c(c1)OCO2)NC1CCN(Cc2ccccc2)CC1.I. The van der Waals surface area contributed by atoms with E-state index < -0.39 is 0 Å². The van der Waals surface area contributed by atoms with Gasteiger partial charge in [-0.2, -0.15) is 0 Å². The van der Waals surface area contributed by atoms with Crippen LogP contribution in [0.5, 0.6) is 11.5 Å². The summed E-state index contributed by atoms with van der Waals surface area (Å²) in [5, 5.41) is 6.99. The van der Waals surface area contributed by atoms with Crippen LogP contribution in [0.2, 0.25) is 0 Å². The summed E-state index contributed by atoms with van der Waals surface area (Å²) in [6, 6.07) is 17.2. The maximum atomic E-state index is 5.46. The Balaban J connectivity index is 0.00000256. The number of piperidine rings is 1. The quantitative estimate of drug-likeness (QED) is 0.344. The van der Waals surface area contributed by atoms with Gasteiger partial charge in [-0.25, -0.2) is 4.99 Å². The van der Waals surface area contributed by atoms with Crippen molar-refractivity contribution in [3.05, 3.63) is 59.7 Å². The molecular formula is C23H31IN4O2. The Morgan fingerprint density at radius 1 is 1.03 bits per heavy atom. The van der Waals surface area contributed by atoms with Crippen LogP contribution in [-0.4, -0.2) is 43.3 Å². The number of halogens is 1. The molecule has 162 valence electrons. The second-order valence-electron chi connectivity index (χ2n) is 7.56. The lowest BCUT2D eigenvalue weighted by Gasteiger charge is -2.33. The van der Waals surface area contributed by atoms with Crippen LogP contribution < -0.4 is 20.1 Å². The Morgan fingerprint density at radius 3 is 2.57 bits per heavy atom. The van der Waals surface area contributed by atoms with Crippen molar-refractivity contribution in [2.45, 2.75) is 38.9 Å². The van der Waals surface area contributed by atoms with E-state index in [9.17, 15) is 0 Å². The highest BCUT2D eigenvalue weighted by Crippen LogP contribution is 2.32. The van der Waals surface area contributed by atoms with Gasteiger partial charge >= 0.3 is 0 Å². The van der Waals surface area contributed by atoms with E-state index in [0.717, 1.165) is 62.0 Å². The van der Waals surface area contributed by atoms with E-state index in [1.807, 2.05) is 18.2 Å². The number of fused-ring (bicyclic) bond motifs is 1. The number of aliphatic imine (C=N–C) groups is 1. The number of rotatable bonds is 6. The van der Waals surface area contributed by atoms with E-state index >= 15 is 0 Å². The zero-order valence-electron chi connectivity index (χ0n) is 17.5. The molecule has 0 radical (unpaired) electrons. The van der Waals surface area contributed by atoms with Crippen molar-refractivity contribution in [2.75, 3.05) is 26.4 Å². The molecule has 2 aliphatic heterocycles. The van der Waals surface area contributed by atoms with Gasteiger partial charge in [-0.05, 0) is 43.0 Å². The highest BCUT2D eigenvalue weighted by atomic mass is 127. The summed E-state index contributed by atoms with van der Waals surface area (Å²) < 4.78 is 10.8. The first-order valence-electron chi connectivity index (χ1n) is 10.5. The molecule has 0 unspecified atom stereocenters. The second kappa shape index (κ2) is 11.4. The number of ether oxygens (including phenoxy) is 2. The molecule has 7 heteroatoms. The van der Waals surface area contributed by atoms with E-state index in [1.165, 1.54) is 5.56 Å². The monoisotopic (exact) mass is 522 g/mol. The van der Waals surface area contributed by atoms with Gasteiger partial charge in [-0.1, -0.05) is 36.4 Å². The van der Waals surface area contributed by atoms with Gasteiger partial charge in [-0.3, -0.25) is 4.90 Å². The van der Waals surface area contributed by atoms with Gasteiger partial charge in [-0.15, -0.1) is 24.0 Å². The third-order valence-electron chi connectivity index (χ3n) is 5.38. The first-order valence-corrected chi connectivity index (χ1v) is 10.5. The van der Waals surface area contributed by atoms with Crippen molar-refractivity contribution >= 4 is 29.9 Å². The van der Waals surface area contributed by atoms with Crippen molar-refractivity contribution in [3.63, 3.8) is 0 Å². The van der Waals surface area contributed by atoms with Crippen LogP contribution in [0.3, 0.4) is 0 Å². The Morgan fingerprint density at radius 2 is 1.80 bits per heavy atom. The summed E-state index contributed by atoms with van der Waals surface area (Å²) in [6.45, 7) is 7.10. The summed E-state index contributed by atoms with van der Waals surface area (Å²) >= 11 is 0. The molecule has 4 rings (SSSR count). The first-order chi connectivity index (χ1) is 14.3. The lowest BCUT2D eigenvalue weighted by molar-refractivity contribution is 0.174. The highest BCUT2D eigenvalue weighted by Gasteiger charge is 2.20. The molecule has 2 heterocycles. The number of nitrogens with one attached hydrogen (secondary N) is 2. The fraction of sp³-hybridized carbons (Fsp3) is 0.435. The third kappa shape index (κ3) is 6.25. The molecule has 1 fully saturated rings. The van der Waals surface area contributed by atoms with E-state index in [-0.39, 0.29) is 24.0 Å². The number of guanidine groups is 1. The number of hydrogen-bond acceptors (Lipinski definition) is 4. The average molecular weight is 522 g/mol. The summed E-state index contributed by atoms with van der Waals surface area (Å²) in [5.41, 5.74) is 2.50. The van der Waals surface area contributed by atoms with E-state index in [4.69, 9.17) is 14.5 Å². The van der Waals surface area contributed by atoms with Crippen molar-refractivity contribution in [2.24, 2.45) is 4.99 Å². The molecule has 2 N–H and O–H groups in total. The molecule has 2 aromatic carbocycles. The van der Waals surface area contributed by atoms with Crippen LogP contribution >= 0.6 is 24.0 Å². The van der Waals surface area contributed by atoms with Gasteiger partial charge in [0.15, 0.2) is 17.5 Å². The number of nitrogens with zero attached hydrogens (tertiary/aromatic N) is 2. The van der Waals surface area contributed by atoms with Gasteiger partial charge in [0.1, 0.15) is 0 Å². The van der Waals surface area contributed by atoms with Crippen LogP contribution in [-0.2, 0) is 13.1 Å². The smallest absolute Gasteiger partial charge is 0.231 e. The molecule has 0 bridgehead atoms. The Bertz CT molecular complexity index is 823. The van der Waals surface area contributed by atoms with E-state index in [1.54, 1.807) is 0 Å². The third-order valence-corrected chi connectivity index (χ3v) is 5.38. The maximum absolute atomic E-state index is 5.46. The molecule has 2 aromatic rings. The predicted molar refractivity (Wildman–Crippen MR) is 131 cm³/mol. The van der Waals surface area contributed by atoms with E-state index in [0.29, 0.717) is 19.4 Å². The lowest BCUT2D eigenvalue weighted by atomic mass is 10.0. The summed E-state index contributed by atoms with van der Waals surface area (Å²) in [6.07, 6.45) is 2.25. The van der Waals surface area contributed by atoms with Gasteiger partial charge in [0.05, 0.1) is 6.54 Å². The second-order valence-corrected chi connectivity index (χ2v) is 7.56.